The standard InChI is InChI=1S/C27H26N2O2S/c30-27(29-17-15-28(16-18-29)22-11-5-2-6-12-22)26-24(23-13-7-8-14-25(23)31-26)20-32-19-21-9-3-1-4-10-21/h1-14H,15-20H2. The van der Waals surface area contributed by atoms with Gasteiger partial charge in [0.05, 0.1) is 0 Å². The van der Waals surface area contributed by atoms with Crippen molar-refractivity contribution in [2.45, 2.75) is 11.5 Å². The van der Waals surface area contributed by atoms with Crippen LogP contribution in [0.5, 0.6) is 0 Å². The minimum Gasteiger partial charge on any atom is -0.451 e. The van der Waals surface area contributed by atoms with Gasteiger partial charge in [-0.05, 0) is 23.8 Å². The highest BCUT2D eigenvalue weighted by molar-refractivity contribution is 7.97. The van der Waals surface area contributed by atoms with Crippen LogP contribution in [0, 0.1) is 0 Å². The van der Waals surface area contributed by atoms with Gasteiger partial charge in [0.1, 0.15) is 5.58 Å². The molecule has 1 aliphatic heterocycles. The summed E-state index contributed by atoms with van der Waals surface area (Å²) >= 11 is 1.82. The Kier molecular flexibility index (Phi) is 6.17. The van der Waals surface area contributed by atoms with E-state index in [0.29, 0.717) is 18.8 Å². The van der Waals surface area contributed by atoms with Gasteiger partial charge >= 0.3 is 0 Å². The van der Waals surface area contributed by atoms with Crippen LogP contribution in [0.4, 0.5) is 5.69 Å². The SMILES string of the molecule is O=C(c1oc2ccccc2c1CSCc1ccccc1)N1CCN(c2ccccc2)CC1. The second kappa shape index (κ2) is 9.53. The van der Waals surface area contributed by atoms with Gasteiger partial charge in [0, 0.05) is 54.3 Å². The number of rotatable bonds is 6. The Morgan fingerprint density at radius 3 is 2.19 bits per heavy atom. The number of fused-ring (bicyclic) bond motifs is 1. The molecule has 0 radical (unpaired) electrons. The molecule has 0 atom stereocenters. The topological polar surface area (TPSA) is 36.7 Å². The van der Waals surface area contributed by atoms with Crippen molar-refractivity contribution in [2.24, 2.45) is 0 Å². The lowest BCUT2D eigenvalue weighted by atomic mass is 10.1. The quantitative estimate of drug-likeness (QED) is 0.377. The summed E-state index contributed by atoms with van der Waals surface area (Å²) in [5, 5.41) is 1.04. The average molecular weight is 443 g/mol. The molecule has 2 heterocycles. The maximum Gasteiger partial charge on any atom is 0.290 e. The zero-order valence-corrected chi connectivity index (χ0v) is 18.8. The van der Waals surface area contributed by atoms with E-state index < -0.39 is 0 Å². The lowest BCUT2D eigenvalue weighted by Gasteiger charge is -2.35. The van der Waals surface area contributed by atoms with Crippen LogP contribution in [0.15, 0.2) is 89.3 Å². The third-order valence-electron chi connectivity index (χ3n) is 5.94. The summed E-state index contributed by atoms with van der Waals surface area (Å²) in [6.45, 7) is 3.05. The molecule has 1 amide bonds. The van der Waals surface area contributed by atoms with Crippen LogP contribution in [-0.4, -0.2) is 37.0 Å². The summed E-state index contributed by atoms with van der Waals surface area (Å²) in [7, 11) is 0. The highest BCUT2D eigenvalue weighted by atomic mass is 32.2. The van der Waals surface area contributed by atoms with E-state index in [9.17, 15) is 4.79 Å². The fraction of sp³-hybridized carbons (Fsp3) is 0.222. The fourth-order valence-corrected chi connectivity index (χ4v) is 5.23. The molecule has 5 heteroatoms. The Labute approximate surface area is 192 Å². The maximum atomic E-state index is 13.5. The second-order valence-electron chi connectivity index (χ2n) is 8.00. The first-order valence-corrected chi connectivity index (χ1v) is 12.2. The summed E-state index contributed by atoms with van der Waals surface area (Å²) in [6, 6.07) is 28.8. The molecule has 0 aliphatic carbocycles. The molecule has 0 N–H and O–H groups in total. The van der Waals surface area contributed by atoms with E-state index in [-0.39, 0.29) is 5.91 Å². The van der Waals surface area contributed by atoms with Crippen LogP contribution in [-0.2, 0) is 11.5 Å². The molecule has 0 unspecified atom stereocenters. The number of amides is 1. The van der Waals surface area contributed by atoms with Crippen molar-refractivity contribution in [1.29, 1.82) is 0 Å². The van der Waals surface area contributed by atoms with Gasteiger partial charge in [-0.15, -0.1) is 0 Å². The van der Waals surface area contributed by atoms with E-state index in [4.69, 9.17) is 4.42 Å². The van der Waals surface area contributed by atoms with E-state index in [1.165, 1.54) is 11.3 Å². The lowest BCUT2D eigenvalue weighted by molar-refractivity contribution is 0.0716. The third kappa shape index (κ3) is 4.39. The van der Waals surface area contributed by atoms with Crippen molar-refractivity contribution in [3.63, 3.8) is 0 Å². The first kappa shape index (κ1) is 20.7. The second-order valence-corrected chi connectivity index (χ2v) is 8.98. The van der Waals surface area contributed by atoms with Gasteiger partial charge in [0.25, 0.3) is 5.91 Å². The average Bonchev–Trinajstić information content (AvgIpc) is 3.23. The molecule has 0 spiro atoms. The number of nitrogens with zero attached hydrogens (tertiary/aromatic N) is 2. The largest absolute Gasteiger partial charge is 0.451 e. The predicted molar refractivity (Wildman–Crippen MR) is 132 cm³/mol. The van der Waals surface area contributed by atoms with E-state index in [1.807, 2.05) is 47.0 Å². The molecule has 4 nitrogen and oxygen atoms in total. The number of furan rings is 1. The Balaban J connectivity index is 1.32. The summed E-state index contributed by atoms with van der Waals surface area (Å²) < 4.78 is 6.11. The lowest BCUT2D eigenvalue weighted by Crippen LogP contribution is -2.48. The molecule has 1 saturated heterocycles. The summed E-state index contributed by atoms with van der Waals surface area (Å²) in [5.74, 6) is 2.16. The zero-order chi connectivity index (χ0) is 21.8. The maximum absolute atomic E-state index is 13.5. The number of carbonyl (C=O) groups is 1. The minimum atomic E-state index is 0.00391. The van der Waals surface area contributed by atoms with Crippen LogP contribution in [0.25, 0.3) is 11.0 Å². The molecular formula is C27H26N2O2S. The van der Waals surface area contributed by atoms with Crippen molar-refractivity contribution in [1.82, 2.24) is 4.90 Å². The molecule has 0 bridgehead atoms. The van der Waals surface area contributed by atoms with Gasteiger partial charge < -0.3 is 14.2 Å². The van der Waals surface area contributed by atoms with Crippen LogP contribution < -0.4 is 4.90 Å². The number of benzene rings is 3. The van der Waals surface area contributed by atoms with Gasteiger partial charge in [0.15, 0.2) is 5.76 Å². The van der Waals surface area contributed by atoms with Crippen molar-refractivity contribution in [3.05, 3.63) is 102 Å². The molecular weight excluding hydrogens is 416 g/mol. The number of anilines is 1. The minimum absolute atomic E-state index is 0.00391. The Morgan fingerprint density at radius 1 is 0.781 bits per heavy atom. The highest BCUT2D eigenvalue weighted by Crippen LogP contribution is 2.31. The number of para-hydroxylation sites is 2. The van der Waals surface area contributed by atoms with Gasteiger partial charge in [-0.2, -0.15) is 11.8 Å². The Hall–Kier alpha value is -3.18. The molecule has 1 aliphatic rings. The van der Waals surface area contributed by atoms with Crippen LogP contribution in [0.2, 0.25) is 0 Å². The predicted octanol–water partition coefficient (Wildman–Crippen LogP) is 5.83. The molecule has 4 aromatic rings. The van der Waals surface area contributed by atoms with E-state index in [0.717, 1.165) is 41.1 Å². The summed E-state index contributed by atoms with van der Waals surface area (Å²) in [5.41, 5.74) is 4.29. The van der Waals surface area contributed by atoms with Gasteiger partial charge in [0.2, 0.25) is 0 Å². The van der Waals surface area contributed by atoms with Crippen molar-refractivity contribution < 1.29 is 9.21 Å². The van der Waals surface area contributed by atoms with Gasteiger partial charge in [-0.3, -0.25) is 4.79 Å². The molecule has 5 rings (SSSR count). The molecule has 3 aromatic carbocycles. The van der Waals surface area contributed by atoms with Gasteiger partial charge in [-0.25, -0.2) is 0 Å². The third-order valence-corrected chi connectivity index (χ3v) is 6.97. The number of thioether (sulfide) groups is 1. The molecule has 162 valence electrons. The number of carbonyl (C=O) groups excluding carboxylic acids is 1. The van der Waals surface area contributed by atoms with E-state index in [1.54, 1.807) is 0 Å². The van der Waals surface area contributed by atoms with Crippen LogP contribution in [0.3, 0.4) is 0 Å². The fourth-order valence-electron chi connectivity index (χ4n) is 4.21. The highest BCUT2D eigenvalue weighted by Gasteiger charge is 2.28. The summed E-state index contributed by atoms with van der Waals surface area (Å²) in [4.78, 5) is 17.7. The molecule has 1 fully saturated rings. The Morgan fingerprint density at radius 2 is 1.44 bits per heavy atom. The number of hydrogen-bond donors (Lipinski definition) is 0. The van der Waals surface area contributed by atoms with Crippen LogP contribution in [0.1, 0.15) is 21.7 Å². The van der Waals surface area contributed by atoms with Gasteiger partial charge in [-0.1, -0.05) is 66.7 Å². The Bertz CT molecular complexity index is 1180. The zero-order valence-electron chi connectivity index (χ0n) is 17.9. The first-order chi connectivity index (χ1) is 15.8. The molecule has 1 aromatic heterocycles. The van der Waals surface area contributed by atoms with Crippen LogP contribution >= 0.6 is 11.8 Å². The van der Waals surface area contributed by atoms with Crippen molar-refractivity contribution in [2.75, 3.05) is 31.1 Å². The van der Waals surface area contributed by atoms with E-state index in [2.05, 4.69) is 59.5 Å². The number of piperazine rings is 1. The van der Waals surface area contributed by atoms with Crippen molar-refractivity contribution >= 4 is 34.3 Å². The number of hydrogen-bond acceptors (Lipinski definition) is 4. The summed E-state index contributed by atoms with van der Waals surface area (Å²) in [6.07, 6.45) is 0. The smallest absolute Gasteiger partial charge is 0.290 e. The first-order valence-electron chi connectivity index (χ1n) is 11.0. The van der Waals surface area contributed by atoms with E-state index >= 15 is 0 Å². The van der Waals surface area contributed by atoms with Crippen molar-refractivity contribution in [3.8, 4) is 0 Å². The normalized spacial score (nSPS) is 14.1. The molecule has 32 heavy (non-hydrogen) atoms. The molecule has 0 saturated carbocycles. The monoisotopic (exact) mass is 442 g/mol.